The lowest BCUT2D eigenvalue weighted by molar-refractivity contribution is -0.00784. The van der Waals surface area contributed by atoms with Crippen LogP contribution in [-0.2, 0) is 0 Å². The molecule has 23 heavy (non-hydrogen) atoms. The maximum absolute atomic E-state index is 4.86. The molecule has 5 unspecified atom stereocenters. The minimum atomic E-state index is 0.433. The average molecular weight is 315 g/mol. The van der Waals surface area contributed by atoms with Gasteiger partial charge in [0.25, 0.3) is 0 Å². The third-order valence-electron chi connectivity index (χ3n) is 7.78. The number of nitrogens with zero attached hydrogens (tertiary/aromatic N) is 1. The highest BCUT2D eigenvalue weighted by Gasteiger charge is 2.56. The van der Waals surface area contributed by atoms with E-state index in [9.17, 15) is 0 Å². The van der Waals surface area contributed by atoms with Crippen molar-refractivity contribution in [1.29, 1.82) is 0 Å². The minimum absolute atomic E-state index is 0.433. The molecule has 1 N–H and O–H groups in total. The second kappa shape index (κ2) is 5.44. The Bertz CT molecular complexity index is 546. The van der Waals surface area contributed by atoms with E-state index in [2.05, 4.69) is 39.1 Å². The molecule has 4 rings (SSSR count). The Labute approximate surface area is 142 Å². The first-order valence-corrected chi connectivity index (χ1v) is 9.95. The smallest absolute Gasteiger partial charge is 0.0446 e. The lowest BCUT2D eigenvalue weighted by Gasteiger charge is -2.57. The zero-order chi connectivity index (χ0) is 16.2. The lowest BCUT2D eigenvalue weighted by Crippen LogP contribution is -2.55. The van der Waals surface area contributed by atoms with Crippen LogP contribution in [0.25, 0.3) is 0 Å². The molecule has 0 aromatic rings. The Hall–Kier alpha value is -0.630. The second-order valence-corrected chi connectivity index (χ2v) is 9.39. The fourth-order valence-corrected chi connectivity index (χ4v) is 6.59. The molecule has 0 amide bonds. The summed E-state index contributed by atoms with van der Waals surface area (Å²) in [6.07, 6.45) is 12.0. The van der Waals surface area contributed by atoms with E-state index in [0.717, 1.165) is 17.8 Å². The zero-order valence-corrected chi connectivity index (χ0v) is 15.5. The number of hydrogen-bond acceptors (Lipinski definition) is 2. The van der Waals surface area contributed by atoms with Crippen LogP contribution in [0.4, 0.5) is 0 Å². The summed E-state index contributed by atoms with van der Waals surface area (Å²) in [6, 6.07) is 0.433. The van der Waals surface area contributed by atoms with Crippen LogP contribution in [0.3, 0.4) is 0 Å². The summed E-state index contributed by atoms with van der Waals surface area (Å²) < 4.78 is 0. The van der Waals surface area contributed by atoms with E-state index in [1.807, 2.05) is 0 Å². The van der Waals surface area contributed by atoms with Crippen LogP contribution in [0.15, 0.2) is 16.6 Å². The van der Waals surface area contributed by atoms with Gasteiger partial charge in [0.2, 0.25) is 0 Å². The summed E-state index contributed by atoms with van der Waals surface area (Å²) in [7, 11) is 0. The molecule has 0 aromatic heterocycles. The number of aliphatic imine (C=N–C) groups is 1. The summed E-state index contributed by atoms with van der Waals surface area (Å²) in [5.41, 5.74) is 4.01. The van der Waals surface area contributed by atoms with E-state index in [4.69, 9.17) is 4.99 Å². The molecule has 3 fully saturated rings. The summed E-state index contributed by atoms with van der Waals surface area (Å²) in [4.78, 5) is 4.86. The van der Waals surface area contributed by atoms with E-state index >= 15 is 0 Å². The first-order valence-electron chi connectivity index (χ1n) is 9.95. The van der Waals surface area contributed by atoms with Crippen molar-refractivity contribution in [2.45, 2.75) is 84.2 Å². The molecule has 128 valence electrons. The molecule has 0 aromatic carbocycles. The van der Waals surface area contributed by atoms with E-state index in [0.29, 0.717) is 17.0 Å². The van der Waals surface area contributed by atoms with Crippen molar-refractivity contribution in [1.82, 2.24) is 5.32 Å². The molecular weight excluding hydrogens is 280 g/mol. The highest BCUT2D eigenvalue weighted by atomic mass is 15.0. The summed E-state index contributed by atoms with van der Waals surface area (Å²) in [5, 5.41) is 3.85. The van der Waals surface area contributed by atoms with Crippen LogP contribution in [0.2, 0.25) is 0 Å². The first-order chi connectivity index (χ1) is 10.9. The molecule has 0 spiro atoms. The second-order valence-electron chi connectivity index (χ2n) is 9.39. The molecule has 5 atom stereocenters. The van der Waals surface area contributed by atoms with Gasteiger partial charge in [0, 0.05) is 17.3 Å². The van der Waals surface area contributed by atoms with Gasteiger partial charge in [0.1, 0.15) is 0 Å². The molecule has 1 heterocycles. The topological polar surface area (TPSA) is 24.4 Å². The maximum Gasteiger partial charge on any atom is 0.0446 e. The Morgan fingerprint density at radius 1 is 1.09 bits per heavy atom. The number of allylic oxidation sites excluding steroid dienone is 2. The number of rotatable bonds is 1. The van der Waals surface area contributed by atoms with Gasteiger partial charge in [0.15, 0.2) is 0 Å². The van der Waals surface area contributed by atoms with Gasteiger partial charge in [-0.1, -0.05) is 12.5 Å². The van der Waals surface area contributed by atoms with Gasteiger partial charge in [-0.3, -0.25) is 4.99 Å². The molecule has 1 aliphatic heterocycles. The van der Waals surface area contributed by atoms with E-state index < -0.39 is 0 Å². The van der Waals surface area contributed by atoms with Gasteiger partial charge in [0.05, 0.1) is 0 Å². The SMILES string of the molecule is CC(C)N=C1C=C2CCC3C4CCNC4(C)CCC3C2(C)CC1. The normalized spacial score (nSPS) is 48.0. The summed E-state index contributed by atoms with van der Waals surface area (Å²) in [5.74, 6) is 2.79. The van der Waals surface area contributed by atoms with Crippen molar-refractivity contribution in [3.63, 3.8) is 0 Å². The molecule has 0 radical (unpaired) electrons. The standard InChI is InChI=1S/C21H34N2/c1-14(2)23-16-7-10-20(3)15(13-16)5-6-17-18(20)8-11-21(4)19(17)9-12-22-21/h13-14,17-19,22H,5-12H2,1-4H3. The molecule has 0 bridgehead atoms. The number of fused-ring (bicyclic) bond motifs is 5. The van der Waals surface area contributed by atoms with Crippen molar-refractivity contribution in [3.8, 4) is 0 Å². The molecule has 2 heteroatoms. The monoisotopic (exact) mass is 314 g/mol. The van der Waals surface area contributed by atoms with Crippen molar-refractivity contribution in [3.05, 3.63) is 11.6 Å². The molecule has 2 saturated carbocycles. The predicted molar refractivity (Wildman–Crippen MR) is 98.0 cm³/mol. The van der Waals surface area contributed by atoms with E-state index in [1.54, 1.807) is 5.57 Å². The molecule has 3 aliphatic carbocycles. The van der Waals surface area contributed by atoms with Gasteiger partial charge < -0.3 is 5.32 Å². The van der Waals surface area contributed by atoms with Gasteiger partial charge in [-0.2, -0.15) is 0 Å². The maximum atomic E-state index is 4.86. The largest absolute Gasteiger partial charge is 0.311 e. The minimum Gasteiger partial charge on any atom is -0.311 e. The first kappa shape index (κ1) is 15.9. The van der Waals surface area contributed by atoms with Crippen molar-refractivity contribution < 1.29 is 0 Å². The van der Waals surface area contributed by atoms with Gasteiger partial charge in [-0.15, -0.1) is 0 Å². The van der Waals surface area contributed by atoms with Crippen LogP contribution in [-0.4, -0.2) is 23.8 Å². The van der Waals surface area contributed by atoms with Crippen LogP contribution in [0, 0.1) is 23.2 Å². The number of hydrogen-bond donors (Lipinski definition) is 1. The van der Waals surface area contributed by atoms with Gasteiger partial charge in [-0.25, -0.2) is 0 Å². The van der Waals surface area contributed by atoms with E-state index in [-0.39, 0.29) is 0 Å². The zero-order valence-electron chi connectivity index (χ0n) is 15.5. The summed E-state index contributed by atoms with van der Waals surface area (Å²) in [6.45, 7) is 10.7. The third kappa shape index (κ3) is 2.44. The van der Waals surface area contributed by atoms with Crippen molar-refractivity contribution in [2.75, 3.05) is 6.54 Å². The van der Waals surface area contributed by atoms with Gasteiger partial charge in [-0.05, 0) is 102 Å². The van der Waals surface area contributed by atoms with Crippen molar-refractivity contribution in [2.24, 2.45) is 28.2 Å². The molecule has 1 saturated heterocycles. The van der Waals surface area contributed by atoms with Gasteiger partial charge >= 0.3 is 0 Å². The van der Waals surface area contributed by atoms with Crippen LogP contribution < -0.4 is 5.32 Å². The molecular formula is C21H34N2. The predicted octanol–water partition coefficient (Wildman–Crippen LogP) is 4.75. The summed E-state index contributed by atoms with van der Waals surface area (Å²) >= 11 is 0. The quantitative estimate of drug-likeness (QED) is 0.742. The fourth-order valence-electron chi connectivity index (χ4n) is 6.59. The number of nitrogens with one attached hydrogen (secondary N) is 1. The highest BCUT2D eigenvalue weighted by molar-refractivity contribution is 5.96. The Kier molecular flexibility index (Phi) is 3.75. The Balaban J connectivity index is 1.63. The lowest BCUT2D eigenvalue weighted by atomic mass is 9.48. The average Bonchev–Trinajstić information content (AvgIpc) is 2.89. The molecule has 2 nitrogen and oxygen atoms in total. The van der Waals surface area contributed by atoms with Crippen molar-refractivity contribution >= 4 is 5.71 Å². The fraction of sp³-hybridized carbons (Fsp3) is 0.857. The van der Waals surface area contributed by atoms with Crippen LogP contribution >= 0.6 is 0 Å². The van der Waals surface area contributed by atoms with Crippen LogP contribution in [0.1, 0.15) is 72.6 Å². The third-order valence-corrected chi connectivity index (χ3v) is 7.78. The molecule has 4 aliphatic rings. The highest BCUT2D eigenvalue weighted by Crippen LogP contribution is 2.61. The Morgan fingerprint density at radius 2 is 1.91 bits per heavy atom. The Morgan fingerprint density at radius 3 is 2.70 bits per heavy atom. The van der Waals surface area contributed by atoms with E-state index in [1.165, 1.54) is 57.2 Å². The van der Waals surface area contributed by atoms with Crippen LogP contribution in [0.5, 0.6) is 0 Å².